The van der Waals surface area contributed by atoms with Gasteiger partial charge in [0, 0.05) is 0 Å². The summed E-state index contributed by atoms with van der Waals surface area (Å²) in [7, 11) is -4.03. The zero-order chi connectivity index (χ0) is 10.3. The Hall–Kier alpha value is -0.300. The van der Waals surface area contributed by atoms with E-state index in [1.54, 1.807) is 0 Å². The van der Waals surface area contributed by atoms with Crippen LogP contribution in [-0.4, -0.2) is 27.0 Å². The lowest BCUT2D eigenvalue weighted by molar-refractivity contribution is -0.199. The Balaban J connectivity index is 2.69. The summed E-state index contributed by atoms with van der Waals surface area (Å²) in [5, 5.41) is 0. The second-order valence-electron chi connectivity index (χ2n) is 3.10. The van der Waals surface area contributed by atoms with Crippen LogP contribution in [0.2, 0.25) is 0 Å². The van der Waals surface area contributed by atoms with Crippen molar-refractivity contribution in [3.63, 3.8) is 0 Å². The van der Waals surface area contributed by atoms with E-state index in [1.165, 1.54) is 0 Å². The molecule has 1 aliphatic carbocycles. The Labute approximate surface area is 74.0 Å². The van der Waals surface area contributed by atoms with E-state index in [2.05, 4.69) is 4.18 Å². The van der Waals surface area contributed by atoms with Gasteiger partial charge in [-0.05, 0) is 18.8 Å². The van der Waals surface area contributed by atoms with E-state index >= 15 is 0 Å². The highest BCUT2D eigenvalue weighted by atomic mass is 32.2. The predicted octanol–water partition coefficient (Wildman–Crippen LogP) is 1.30. The van der Waals surface area contributed by atoms with E-state index in [9.17, 15) is 21.6 Å². The maximum Gasteiger partial charge on any atom is 0.416 e. The average Bonchev–Trinajstić information content (AvgIpc) is 2.58. The highest BCUT2D eigenvalue weighted by Crippen LogP contribution is 2.42. The molecule has 0 bridgehead atoms. The topological polar surface area (TPSA) is 43.4 Å². The fourth-order valence-corrected chi connectivity index (χ4v) is 1.63. The molecule has 0 aliphatic heterocycles. The SMILES string of the molecule is CS(=O)(=O)OC(C1CC1)C(F)(F)F. The van der Waals surface area contributed by atoms with Gasteiger partial charge in [0.05, 0.1) is 6.26 Å². The molecular weight excluding hydrogens is 209 g/mol. The number of alkyl halides is 3. The monoisotopic (exact) mass is 218 g/mol. The van der Waals surface area contributed by atoms with Crippen LogP contribution in [0.3, 0.4) is 0 Å². The smallest absolute Gasteiger partial charge is 0.257 e. The first-order chi connectivity index (χ1) is 5.70. The van der Waals surface area contributed by atoms with Crippen LogP contribution in [0.4, 0.5) is 13.2 Å². The van der Waals surface area contributed by atoms with Crippen molar-refractivity contribution in [2.45, 2.75) is 25.1 Å². The lowest BCUT2D eigenvalue weighted by atomic mass is 10.2. The van der Waals surface area contributed by atoms with E-state index in [0.717, 1.165) is 0 Å². The molecule has 0 heterocycles. The summed E-state index contributed by atoms with van der Waals surface area (Å²) in [5.41, 5.74) is 0. The van der Waals surface area contributed by atoms with Crippen LogP contribution in [0, 0.1) is 5.92 Å². The number of hydrogen-bond donors (Lipinski definition) is 0. The van der Waals surface area contributed by atoms with Crippen molar-refractivity contribution in [1.29, 1.82) is 0 Å². The lowest BCUT2D eigenvalue weighted by Crippen LogP contribution is -2.35. The second kappa shape index (κ2) is 3.13. The summed E-state index contributed by atoms with van der Waals surface area (Å²) >= 11 is 0. The number of rotatable bonds is 3. The molecule has 1 fully saturated rings. The lowest BCUT2D eigenvalue weighted by Gasteiger charge is -2.18. The Morgan fingerprint density at radius 3 is 2.08 bits per heavy atom. The Kier molecular flexibility index (Phi) is 2.59. The van der Waals surface area contributed by atoms with Gasteiger partial charge in [-0.1, -0.05) is 0 Å². The van der Waals surface area contributed by atoms with Gasteiger partial charge in [-0.3, -0.25) is 4.18 Å². The first-order valence-electron chi connectivity index (χ1n) is 3.65. The summed E-state index contributed by atoms with van der Waals surface area (Å²) < 4.78 is 61.4. The van der Waals surface area contributed by atoms with Crippen LogP contribution in [0.15, 0.2) is 0 Å². The first kappa shape index (κ1) is 10.8. The summed E-state index contributed by atoms with van der Waals surface area (Å²) in [6, 6.07) is 0. The molecule has 1 atom stereocenters. The average molecular weight is 218 g/mol. The normalized spacial score (nSPS) is 21.5. The van der Waals surface area contributed by atoms with E-state index in [1.807, 2.05) is 0 Å². The molecule has 7 heteroatoms. The van der Waals surface area contributed by atoms with Crippen LogP contribution < -0.4 is 0 Å². The zero-order valence-electron chi connectivity index (χ0n) is 6.84. The van der Waals surface area contributed by atoms with Crippen molar-refractivity contribution >= 4 is 10.1 Å². The van der Waals surface area contributed by atoms with Crippen LogP contribution in [0.1, 0.15) is 12.8 Å². The van der Waals surface area contributed by atoms with Crippen LogP contribution >= 0.6 is 0 Å². The minimum absolute atomic E-state index is 0.375. The third-order valence-corrected chi connectivity index (χ3v) is 2.21. The van der Waals surface area contributed by atoms with Crippen molar-refractivity contribution in [2.24, 2.45) is 5.92 Å². The zero-order valence-corrected chi connectivity index (χ0v) is 7.65. The maximum atomic E-state index is 12.2. The Morgan fingerprint density at radius 2 is 1.85 bits per heavy atom. The predicted molar refractivity (Wildman–Crippen MR) is 38.5 cm³/mol. The summed E-state index contributed by atoms with van der Waals surface area (Å²) in [6.07, 6.45) is -5.37. The molecule has 0 amide bonds. The van der Waals surface area contributed by atoms with Crippen LogP contribution in [0.5, 0.6) is 0 Å². The van der Waals surface area contributed by atoms with Crippen molar-refractivity contribution < 1.29 is 25.8 Å². The quantitative estimate of drug-likeness (QED) is 0.671. The van der Waals surface area contributed by atoms with Crippen LogP contribution in [0.25, 0.3) is 0 Å². The fourth-order valence-electron chi connectivity index (χ4n) is 0.988. The standard InChI is InChI=1S/C6H9F3O3S/c1-13(10,11)12-5(4-2-3-4)6(7,8)9/h4-5H,2-3H2,1H3. The summed E-state index contributed by atoms with van der Waals surface area (Å²) in [6.45, 7) is 0. The molecule has 1 aliphatic rings. The van der Waals surface area contributed by atoms with Gasteiger partial charge in [0.2, 0.25) is 0 Å². The molecule has 3 nitrogen and oxygen atoms in total. The maximum absolute atomic E-state index is 12.2. The Bertz CT molecular complexity index is 278. The van der Waals surface area contributed by atoms with Crippen molar-refractivity contribution in [2.75, 3.05) is 6.26 Å². The molecule has 1 unspecified atom stereocenters. The largest absolute Gasteiger partial charge is 0.416 e. The van der Waals surface area contributed by atoms with Gasteiger partial charge in [0.1, 0.15) is 0 Å². The Morgan fingerprint density at radius 1 is 1.38 bits per heavy atom. The van der Waals surface area contributed by atoms with Gasteiger partial charge in [0.15, 0.2) is 6.10 Å². The highest BCUT2D eigenvalue weighted by molar-refractivity contribution is 7.86. The van der Waals surface area contributed by atoms with Gasteiger partial charge >= 0.3 is 6.18 Å². The van der Waals surface area contributed by atoms with Crippen molar-refractivity contribution in [3.8, 4) is 0 Å². The third kappa shape index (κ3) is 3.51. The second-order valence-corrected chi connectivity index (χ2v) is 4.70. The molecule has 0 aromatic carbocycles. The molecule has 13 heavy (non-hydrogen) atoms. The van der Waals surface area contributed by atoms with Crippen LogP contribution in [-0.2, 0) is 14.3 Å². The minimum atomic E-state index is -4.59. The minimum Gasteiger partial charge on any atom is -0.257 e. The molecule has 0 saturated heterocycles. The van der Waals surface area contributed by atoms with Gasteiger partial charge in [-0.15, -0.1) is 0 Å². The third-order valence-electron chi connectivity index (χ3n) is 1.65. The molecule has 0 aromatic rings. The first-order valence-corrected chi connectivity index (χ1v) is 5.47. The molecule has 0 N–H and O–H groups in total. The van der Waals surface area contributed by atoms with E-state index in [0.29, 0.717) is 19.1 Å². The highest BCUT2D eigenvalue weighted by Gasteiger charge is 2.51. The summed E-state index contributed by atoms with van der Waals surface area (Å²) in [4.78, 5) is 0. The molecule has 1 rings (SSSR count). The van der Waals surface area contributed by atoms with Crippen molar-refractivity contribution in [3.05, 3.63) is 0 Å². The molecule has 0 aromatic heterocycles. The number of halogens is 3. The number of hydrogen-bond acceptors (Lipinski definition) is 3. The fraction of sp³-hybridized carbons (Fsp3) is 1.00. The van der Waals surface area contributed by atoms with E-state index in [-0.39, 0.29) is 0 Å². The molecule has 78 valence electrons. The van der Waals surface area contributed by atoms with Crippen molar-refractivity contribution in [1.82, 2.24) is 0 Å². The van der Waals surface area contributed by atoms with E-state index < -0.39 is 28.3 Å². The summed E-state index contributed by atoms with van der Waals surface area (Å²) in [5.74, 6) is -0.685. The van der Waals surface area contributed by atoms with Gasteiger partial charge < -0.3 is 0 Å². The van der Waals surface area contributed by atoms with Gasteiger partial charge in [-0.25, -0.2) is 0 Å². The molecule has 0 spiro atoms. The molecule has 1 saturated carbocycles. The van der Waals surface area contributed by atoms with Gasteiger partial charge in [-0.2, -0.15) is 21.6 Å². The van der Waals surface area contributed by atoms with Gasteiger partial charge in [0.25, 0.3) is 10.1 Å². The molecular formula is C6H9F3O3S. The van der Waals surface area contributed by atoms with E-state index in [4.69, 9.17) is 0 Å². The molecule has 0 radical (unpaired) electrons.